The molecule has 1 heterocycles. The van der Waals surface area contributed by atoms with Gasteiger partial charge in [0, 0.05) is 43.2 Å². The van der Waals surface area contributed by atoms with Crippen LogP contribution in [0.1, 0.15) is 95.9 Å². The van der Waals surface area contributed by atoms with Crippen LogP contribution in [0, 0.1) is 13.5 Å². The Kier molecular flexibility index (Phi) is 16.2. The summed E-state index contributed by atoms with van der Waals surface area (Å²) in [6, 6.07) is 17.9. The van der Waals surface area contributed by atoms with Gasteiger partial charge < -0.3 is 33.1 Å². The molecule has 1 saturated heterocycles. The highest BCUT2D eigenvalue weighted by Gasteiger charge is 2.42. The molecule has 1 fully saturated rings. The van der Waals surface area contributed by atoms with Crippen molar-refractivity contribution in [2.75, 3.05) is 47.1 Å². The summed E-state index contributed by atoms with van der Waals surface area (Å²) in [7, 11) is -0.810. The number of benzene rings is 3. The highest BCUT2D eigenvalue weighted by molar-refractivity contribution is 6.75. The van der Waals surface area contributed by atoms with Gasteiger partial charge in [0.25, 0.3) is 14.5 Å². The highest BCUT2D eigenvalue weighted by atomic mass is 28.4. The molecular weight excluding hydrogens is 799 g/mol. The van der Waals surface area contributed by atoms with Crippen molar-refractivity contribution in [2.45, 2.75) is 141 Å². The van der Waals surface area contributed by atoms with E-state index in [0.29, 0.717) is 54.4 Å². The maximum absolute atomic E-state index is 14.1. The number of ether oxygens (including phenoxy) is 4. The summed E-state index contributed by atoms with van der Waals surface area (Å²) in [5.74, 6) is 1.81. The van der Waals surface area contributed by atoms with Crippen molar-refractivity contribution in [1.82, 2.24) is 10.2 Å². The van der Waals surface area contributed by atoms with Crippen LogP contribution in [-0.4, -0.2) is 93.1 Å². The zero-order valence-corrected chi connectivity index (χ0v) is 41.3. The molecule has 1 N–H and O–H groups in total. The molecule has 61 heavy (non-hydrogen) atoms. The van der Waals surface area contributed by atoms with E-state index in [4.69, 9.17) is 34.4 Å². The van der Waals surface area contributed by atoms with Gasteiger partial charge in [-0.2, -0.15) is 0 Å². The standard InChI is InChI=1S/C49H73N3O7Si2/c1-33(2)61(14,34(3)4)58-27-20-19-21-37-31-52(26-28-56-37)47(50-9)43(29-36-30-44(59-60(12,13)49(6,7)8)46(55-11)35(5)45(36)54-10)51-48(53)57-32-42-40-24-17-15-22-38(40)39-23-16-18-25-41(39)42/h15-18,22-25,30,33-34,37,42-43,47H,19-21,26-29,31-32H2,1-8,10-14H3,(H,51,53)/t37-,43-,47+/m0/s1. The molecule has 3 aromatic carbocycles. The number of methoxy groups -OCH3 is 2. The topological polar surface area (TPSA) is 92.1 Å². The Bertz CT molecular complexity index is 1940. The third kappa shape index (κ3) is 11.0. The normalized spacial score (nSPS) is 17.0. The molecule has 0 saturated carbocycles. The first-order valence-electron chi connectivity index (χ1n) is 22.3. The van der Waals surface area contributed by atoms with Crippen molar-refractivity contribution >= 4 is 22.7 Å². The molecule has 12 heteroatoms. The van der Waals surface area contributed by atoms with Gasteiger partial charge >= 0.3 is 6.09 Å². The monoisotopic (exact) mass is 871 g/mol. The Balaban J connectivity index is 1.39. The fraction of sp³-hybridized carbons (Fsp3) is 0.592. The van der Waals surface area contributed by atoms with Gasteiger partial charge in [0.15, 0.2) is 14.1 Å². The van der Waals surface area contributed by atoms with E-state index in [1.807, 2.05) is 37.3 Å². The zero-order valence-electron chi connectivity index (χ0n) is 39.3. The van der Waals surface area contributed by atoms with E-state index < -0.39 is 34.9 Å². The van der Waals surface area contributed by atoms with Crippen LogP contribution < -0.4 is 19.2 Å². The SMILES string of the molecule is [C-]#[N+][C@@H]([C@H](Cc1cc(O[Si](C)(C)C(C)(C)C)c(OC)c(C)c1OC)NC(=O)OCC1c2ccccc2-c2ccccc21)N1CCO[C@@H](CCCCO[Si](C)(C(C)C)C(C)C)C1. The predicted molar refractivity (Wildman–Crippen MR) is 251 cm³/mol. The molecular formula is C49H73N3O7Si2. The van der Waals surface area contributed by atoms with E-state index in [9.17, 15) is 4.79 Å². The number of amides is 1. The van der Waals surface area contributed by atoms with Crippen LogP contribution in [0.5, 0.6) is 17.2 Å². The maximum Gasteiger partial charge on any atom is 0.407 e. The van der Waals surface area contributed by atoms with E-state index in [1.54, 1.807) is 14.2 Å². The van der Waals surface area contributed by atoms with Gasteiger partial charge in [-0.1, -0.05) is 97.0 Å². The van der Waals surface area contributed by atoms with Crippen molar-refractivity contribution in [1.29, 1.82) is 0 Å². The number of morpholine rings is 1. The number of carbonyl (C=O) groups excluding carboxylic acids is 1. The third-order valence-electron chi connectivity index (χ3n) is 13.8. The Hall–Kier alpha value is -3.87. The van der Waals surface area contributed by atoms with Crippen LogP contribution in [0.3, 0.4) is 0 Å². The summed E-state index contributed by atoms with van der Waals surface area (Å²) in [6.07, 6.45) is 1.82. The second-order valence-electron chi connectivity index (χ2n) is 19.2. The van der Waals surface area contributed by atoms with Crippen molar-refractivity contribution in [3.63, 3.8) is 0 Å². The van der Waals surface area contributed by atoms with Gasteiger partial charge in [-0.3, -0.25) is 4.85 Å². The molecule has 2 aliphatic rings. The molecule has 5 rings (SSSR count). The van der Waals surface area contributed by atoms with Crippen LogP contribution in [0.15, 0.2) is 54.6 Å². The van der Waals surface area contributed by atoms with E-state index in [-0.39, 0.29) is 23.7 Å². The van der Waals surface area contributed by atoms with Crippen molar-refractivity contribution in [2.24, 2.45) is 0 Å². The van der Waals surface area contributed by atoms with Crippen molar-refractivity contribution in [3.05, 3.63) is 88.3 Å². The largest absolute Gasteiger partial charge is 0.541 e. The summed E-state index contributed by atoms with van der Waals surface area (Å²) in [4.78, 5) is 20.5. The quantitative estimate of drug-likeness (QED) is 0.0723. The molecule has 3 aromatic rings. The molecule has 0 aromatic heterocycles. The van der Waals surface area contributed by atoms with Crippen LogP contribution in [0.2, 0.25) is 35.8 Å². The Morgan fingerprint density at radius 1 is 0.951 bits per heavy atom. The van der Waals surface area contributed by atoms with Crippen molar-refractivity contribution in [3.8, 4) is 28.4 Å². The number of hydrogen-bond donors (Lipinski definition) is 1. The summed E-state index contributed by atoms with van der Waals surface area (Å²) in [6.45, 7) is 35.7. The second-order valence-corrected chi connectivity index (χ2v) is 28.9. The molecule has 0 bridgehead atoms. The lowest BCUT2D eigenvalue weighted by atomic mass is 9.98. The van der Waals surface area contributed by atoms with Crippen LogP contribution in [0.4, 0.5) is 4.79 Å². The fourth-order valence-corrected chi connectivity index (χ4v) is 12.2. The average molecular weight is 872 g/mol. The molecule has 3 atom stereocenters. The lowest BCUT2D eigenvalue weighted by Crippen LogP contribution is -2.56. The Morgan fingerprint density at radius 3 is 2.11 bits per heavy atom. The minimum atomic E-state index is -2.29. The maximum atomic E-state index is 14.1. The number of hydrogen-bond acceptors (Lipinski definition) is 8. The van der Waals surface area contributed by atoms with E-state index in [1.165, 1.54) is 0 Å². The first-order chi connectivity index (χ1) is 28.9. The van der Waals surface area contributed by atoms with Crippen LogP contribution in [0.25, 0.3) is 16.0 Å². The number of fused-ring (bicyclic) bond motifs is 3. The number of rotatable bonds is 19. The summed E-state index contributed by atoms with van der Waals surface area (Å²) >= 11 is 0. The lowest BCUT2D eigenvalue weighted by Gasteiger charge is -2.37. The average Bonchev–Trinajstić information content (AvgIpc) is 3.53. The smallest absolute Gasteiger partial charge is 0.407 e. The van der Waals surface area contributed by atoms with Gasteiger partial charge in [-0.05, 0) is 90.3 Å². The zero-order chi connectivity index (χ0) is 44.7. The first kappa shape index (κ1) is 48.2. The third-order valence-corrected chi connectivity index (χ3v) is 23.6. The number of carbonyl (C=O) groups is 1. The molecule has 1 aliphatic heterocycles. The molecule has 0 radical (unpaired) electrons. The first-order valence-corrected chi connectivity index (χ1v) is 27.7. The Labute approximate surface area is 369 Å². The van der Waals surface area contributed by atoms with Crippen LogP contribution in [-0.2, 0) is 20.3 Å². The van der Waals surface area contributed by atoms with E-state index in [0.717, 1.165) is 59.3 Å². The van der Waals surface area contributed by atoms with Gasteiger partial charge in [-0.15, -0.1) is 0 Å². The van der Waals surface area contributed by atoms with E-state index >= 15 is 0 Å². The fourth-order valence-electron chi connectivity index (χ4n) is 8.62. The number of nitrogens with one attached hydrogen (secondary N) is 1. The lowest BCUT2D eigenvalue weighted by molar-refractivity contribution is -0.0459. The molecule has 0 unspecified atom stereocenters. The predicted octanol–water partition coefficient (Wildman–Crippen LogP) is 11.4. The number of alkyl carbamates (subject to hydrolysis) is 1. The van der Waals surface area contributed by atoms with Crippen molar-refractivity contribution < 1.29 is 32.6 Å². The summed E-state index contributed by atoms with van der Waals surface area (Å²) < 4.78 is 37.9. The number of nitrogens with zero attached hydrogens (tertiary/aromatic N) is 2. The van der Waals surface area contributed by atoms with Gasteiger partial charge in [0.2, 0.25) is 0 Å². The van der Waals surface area contributed by atoms with Crippen LogP contribution >= 0.6 is 0 Å². The Morgan fingerprint density at radius 2 is 1.56 bits per heavy atom. The number of unbranched alkanes of at least 4 members (excludes halogenated alkanes) is 1. The van der Waals surface area contributed by atoms with E-state index in [2.05, 4.69) is 107 Å². The highest BCUT2D eigenvalue weighted by Crippen LogP contribution is 2.46. The minimum Gasteiger partial charge on any atom is -0.541 e. The molecule has 334 valence electrons. The second kappa shape index (κ2) is 20.5. The molecule has 10 nitrogen and oxygen atoms in total. The van der Waals surface area contributed by atoms with Gasteiger partial charge in [0.1, 0.15) is 24.1 Å². The molecule has 1 amide bonds. The minimum absolute atomic E-state index is 0.0331. The summed E-state index contributed by atoms with van der Waals surface area (Å²) in [5, 5.41) is 3.14. The van der Waals surface area contributed by atoms with Gasteiger partial charge in [0.05, 0.1) is 26.9 Å². The summed E-state index contributed by atoms with van der Waals surface area (Å²) in [5.41, 5.74) is 7.34. The molecule has 1 aliphatic carbocycles. The van der Waals surface area contributed by atoms with Gasteiger partial charge in [-0.25, -0.2) is 16.3 Å². The molecule has 0 spiro atoms.